The van der Waals surface area contributed by atoms with Crippen LogP contribution >= 0.6 is 11.6 Å². The molecule has 5 heteroatoms. The summed E-state index contributed by atoms with van der Waals surface area (Å²) in [7, 11) is 0. The second-order valence-corrected chi connectivity index (χ2v) is 5.11. The predicted molar refractivity (Wildman–Crippen MR) is 73.2 cm³/mol. The van der Waals surface area contributed by atoms with Gasteiger partial charge in [0.15, 0.2) is 0 Å². The summed E-state index contributed by atoms with van der Waals surface area (Å²) in [6.07, 6.45) is 0. The second kappa shape index (κ2) is 5.50. The summed E-state index contributed by atoms with van der Waals surface area (Å²) in [5.74, 6) is 0.496. The average Bonchev–Trinajstić information content (AvgIpc) is 2.71. The van der Waals surface area contributed by atoms with E-state index in [-0.39, 0.29) is 0 Å². The summed E-state index contributed by atoms with van der Waals surface area (Å²) in [6, 6.07) is 7.69. The van der Waals surface area contributed by atoms with Gasteiger partial charge in [0.2, 0.25) is 0 Å². The van der Waals surface area contributed by atoms with E-state index in [4.69, 9.17) is 17.3 Å². The van der Waals surface area contributed by atoms with Gasteiger partial charge in [-0.3, -0.25) is 0 Å². The Hall–Kier alpha value is -1.39. The molecule has 0 spiro atoms. The maximum atomic E-state index is 6.03. The Bertz CT molecular complexity index is 534. The largest absolute Gasteiger partial charge is 0.325 e. The molecule has 4 nitrogen and oxygen atoms in total. The summed E-state index contributed by atoms with van der Waals surface area (Å²) in [6.45, 7) is 5.48. The molecule has 0 unspecified atom stereocenters. The highest BCUT2D eigenvalue weighted by Gasteiger charge is 2.14. The third-order valence-electron chi connectivity index (χ3n) is 2.63. The number of hydrogen-bond acceptors (Lipinski definition) is 3. The van der Waals surface area contributed by atoms with Crippen LogP contribution in [0.3, 0.4) is 0 Å². The SMILES string of the molecule is CC(C)Cn1nnc(CN)c1-c1cccc(Cl)c1. The zero-order valence-electron chi connectivity index (χ0n) is 10.6. The van der Waals surface area contributed by atoms with Gasteiger partial charge in [-0.15, -0.1) is 5.10 Å². The van der Waals surface area contributed by atoms with Gasteiger partial charge in [-0.1, -0.05) is 42.8 Å². The minimum Gasteiger partial charge on any atom is -0.325 e. The van der Waals surface area contributed by atoms with E-state index in [0.717, 1.165) is 23.5 Å². The van der Waals surface area contributed by atoms with Gasteiger partial charge in [0.05, 0.1) is 5.69 Å². The van der Waals surface area contributed by atoms with Gasteiger partial charge < -0.3 is 5.73 Å². The normalized spacial score (nSPS) is 11.2. The van der Waals surface area contributed by atoms with E-state index in [0.29, 0.717) is 17.5 Å². The summed E-state index contributed by atoms with van der Waals surface area (Å²) >= 11 is 6.03. The molecule has 1 aromatic carbocycles. The van der Waals surface area contributed by atoms with E-state index in [9.17, 15) is 0 Å². The van der Waals surface area contributed by atoms with E-state index in [1.54, 1.807) is 0 Å². The Morgan fingerprint density at radius 2 is 2.17 bits per heavy atom. The molecule has 0 saturated heterocycles. The van der Waals surface area contributed by atoms with Gasteiger partial charge in [-0.25, -0.2) is 4.68 Å². The Labute approximate surface area is 112 Å². The van der Waals surface area contributed by atoms with Crippen LogP contribution < -0.4 is 5.73 Å². The lowest BCUT2D eigenvalue weighted by Gasteiger charge is -2.10. The molecule has 1 aromatic heterocycles. The standard InChI is InChI=1S/C13H17ClN4/c1-9(2)8-18-13(12(7-15)16-17-18)10-4-3-5-11(14)6-10/h3-6,9H,7-8,15H2,1-2H3. The molecular formula is C13H17ClN4. The monoisotopic (exact) mass is 264 g/mol. The van der Waals surface area contributed by atoms with Crippen LogP contribution in [-0.2, 0) is 13.1 Å². The van der Waals surface area contributed by atoms with Crippen LogP contribution in [0.25, 0.3) is 11.3 Å². The Morgan fingerprint density at radius 1 is 1.39 bits per heavy atom. The molecule has 0 bridgehead atoms. The van der Waals surface area contributed by atoms with Crippen molar-refractivity contribution in [1.29, 1.82) is 0 Å². The van der Waals surface area contributed by atoms with Crippen LogP contribution in [-0.4, -0.2) is 15.0 Å². The Morgan fingerprint density at radius 3 is 2.78 bits per heavy atom. The van der Waals surface area contributed by atoms with Crippen LogP contribution in [0.1, 0.15) is 19.5 Å². The number of nitrogens with zero attached hydrogens (tertiary/aromatic N) is 3. The van der Waals surface area contributed by atoms with Gasteiger partial charge in [0.25, 0.3) is 0 Å². The lowest BCUT2D eigenvalue weighted by Crippen LogP contribution is -2.08. The average molecular weight is 265 g/mol. The van der Waals surface area contributed by atoms with Crippen molar-refractivity contribution in [3.8, 4) is 11.3 Å². The van der Waals surface area contributed by atoms with E-state index in [2.05, 4.69) is 24.2 Å². The second-order valence-electron chi connectivity index (χ2n) is 4.68. The predicted octanol–water partition coefficient (Wildman–Crippen LogP) is 2.71. The summed E-state index contributed by atoms with van der Waals surface area (Å²) in [4.78, 5) is 0. The lowest BCUT2D eigenvalue weighted by atomic mass is 10.1. The molecule has 0 aliphatic carbocycles. The van der Waals surface area contributed by atoms with Crippen molar-refractivity contribution in [2.45, 2.75) is 26.9 Å². The minimum absolute atomic E-state index is 0.375. The smallest absolute Gasteiger partial charge is 0.104 e. The van der Waals surface area contributed by atoms with Gasteiger partial charge in [0.1, 0.15) is 5.69 Å². The minimum atomic E-state index is 0.375. The van der Waals surface area contributed by atoms with Crippen LogP contribution in [0, 0.1) is 5.92 Å². The lowest BCUT2D eigenvalue weighted by molar-refractivity contribution is 0.475. The number of halogens is 1. The first-order chi connectivity index (χ1) is 8.61. The highest BCUT2D eigenvalue weighted by Crippen LogP contribution is 2.25. The van der Waals surface area contributed by atoms with Crippen molar-refractivity contribution >= 4 is 11.6 Å². The molecule has 0 radical (unpaired) electrons. The zero-order chi connectivity index (χ0) is 13.1. The van der Waals surface area contributed by atoms with Crippen LogP contribution in [0.4, 0.5) is 0 Å². The molecule has 2 N–H and O–H groups in total. The maximum absolute atomic E-state index is 6.03. The van der Waals surface area contributed by atoms with E-state index in [1.165, 1.54) is 0 Å². The van der Waals surface area contributed by atoms with Crippen LogP contribution in [0.5, 0.6) is 0 Å². The number of hydrogen-bond donors (Lipinski definition) is 1. The zero-order valence-corrected chi connectivity index (χ0v) is 11.4. The molecule has 2 rings (SSSR count). The molecule has 0 fully saturated rings. The first-order valence-corrected chi connectivity index (χ1v) is 6.38. The summed E-state index contributed by atoms with van der Waals surface area (Å²) < 4.78 is 1.90. The van der Waals surface area contributed by atoms with Gasteiger partial charge in [-0.05, 0) is 18.1 Å². The van der Waals surface area contributed by atoms with Crippen molar-refractivity contribution in [3.05, 3.63) is 35.0 Å². The first kappa shape index (κ1) is 13.1. The number of rotatable bonds is 4. The fourth-order valence-corrected chi connectivity index (χ4v) is 2.10. The fraction of sp³-hybridized carbons (Fsp3) is 0.385. The maximum Gasteiger partial charge on any atom is 0.104 e. The Balaban J connectivity index is 2.50. The van der Waals surface area contributed by atoms with Gasteiger partial charge in [0, 0.05) is 23.7 Å². The number of benzene rings is 1. The third kappa shape index (κ3) is 2.71. The summed E-state index contributed by atoms with van der Waals surface area (Å²) in [5, 5.41) is 9.02. The van der Waals surface area contributed by atoms with Crippen LogP contribution in [0.2, 0.25) is 5.02 Å². The molecule has 0 aliphatic rings. The molecule has 0 atom stereocenters. The Kier molecular flexibility index (Phi) is 3.99. The highest BCUT2D eigenvalue weighted by atomic mass is 35.5. The molecule has 1 heterocycles. The molecule has 2 aromatic rings. The first-order valence-electron chi connectivity index (χ1n) is 6.00. The van der Waals surface area contributed by atoms with Gasteiger partial charge in [-0.2, -0.15) is 0 Å². The van der Waals surface area contributed by atoms with Crippen LogP contribution in [0.15, 0.2) is 24.3 Å². The van der Waals surface area contributed by atoms with Crippen molar-refractivity contribution in [2.75, 3.05) is 0 Å². The molecular weight excluding hydrogens is 248 g/mol. The van der Waals surface area contributed by atoms with Gasteiger partial charge >= 0.3 is 0 Å². The van der Waals surface area contributed by atoms with Crippen molar-refractivity contribution in [3.63, 3.8) is 0 Å². The van der Waals surface area contributed by atoms with E-state index in [1.807, 2.05) is 28.9 Å². The molecule has 0 amide bonds. The number of aromatic nitrogens is 3. The summed E-state index contributed by atoms with van der Waals surface area (Å²) in [5.41, 5.74) is 8.50. The van der Waals surface area contributed by atoms with E-state index >= 15 is 0 Å². The molecule has 0 saturated carbocycles. The molecule has 96 valence electrons. The van der Waals surface area contributed by atoms with Crippen molar-refractivity contribution in [2.24, 2.45) is 11.7 Å². The number of nitrogens with two attached hydrogens (primary N) is 1. The molecule has 18 heavy (non-hydrogen) atoms. The molecule has 0 aliphatic heterocycles. The van der Waals surface area contributed by atoms with Crippen molar-refractivity contribution in [1.82, 2.24) is 15.0 Å². The van der Waals surface area contributed by atoms with Crippen molar-refractivity contribution < 1.29 is 0 Å². The highest BCUT2D eigenvalue weighted by molar-refractivity contribution is 6.30. The fourth-order valence-electron chi connectivity index (χ4n) is 1.91. The topological polar surface area (TPSA) is 56.7 Å². The van der Waals surface area contributed by atoms with E-state index < -0.39 is 0 Å². The quantitative estimate of drug-likeness (QED) is 0.924. The third-order valence-corrected chi connectivity index (χ3v) is 2.87.